The normalized spacial score (nSPS) is 19.5. The van der Waals surface area contributed by atoms with Crippen molar-refractivity contribution < 1.29 is 32.9 Å². The summed E-state index contributed by atoms with van der Waals surface area (Å²) in [4.78, 5) is 19.3. The van der Waals surface area contributed by atoms with Gasteiger partial charge in [-0.25, -0.2) is 4.79 Å². The summed E-state index contributed by atoms with van der Waals surface area (Å²) in [6, 6.07) is 0. The number of amides is 1. The number of halogens is 3. The van der Waals surface area contributed by atoms with Gasteiger partial charge in [0.15, 0.2) is 0 Å². The number of hydrogen-bond donors (Lipinski definition) is 1. The second-order valence-electron chi connectivity index (χ2n) is 2.37. The standard InChI is InChI=1S/C5H6N2O.C2HF3O2/c1-7-5(8)3-2-4-6-7;3-2(4,5)1(6)7/h2-4H,1H3;(H,6,7). The number of carboxylic acids is 1. The highest BCUT2D eigenvalue weighted by Gasteiger charge is 2.28. The molecule has 0 aliphatic carbocycles. The van der Waals surface area contributed by atoms with Crippen LogP contribution in [0.5, 0.6) is 0 Å². The molecule has 8 heteroatoms. The molecule has 1 amide bonds. The number of quaternary nitrogens is 1. The monoisotopic (exact) mass is 224 g/mol. The van der Waals surface area contributed by atoms with Crippen molar-refractivity contribution in [1.82, 2.24) is 0 Å². The third-order valence-corrected chi connectivity index (χ3v) is 1.19. The molecule has 0 saturated heterocycles. The summed E-state index contributed by atoms with van der Waals surface area (Å²) >= 11 is 0. The molecule has 1 aliphatic rings. The maximum atomic E-state index is 10.6. The van der Waals surface area contributed by atoms with Gasteiger partial charge in [-0.15, -0.1) is 5.01 Å². The zero-order valence-electron chi connectivity index (χ0n) is 7.54. The van der Waals surface area contributed by atoms with Crippen LogP contribution in [0.2, 0.25) is 0 Å². The number of likely N-dealkylation sites (N-methyl/N-ethyl adjacent to an activating group) is 1. The van der Waals surface area contributed by atoms with Gasteiger partial charge in [0.1, 0.15) is 5.97 Å². The first-order valence-electron chi connectivity index (χ1n) is 3.62. The van der Waals surface area contributed by atoms with Crippen molar-refractivity contribution in [2.75, 3.05) is 7.05 Å². The number of hydrogen-bond acceptors (Lipinski definition) is 4. The van der Waals surface area contributed by atoms with E-state index < -0.39 is 12.1 Å². The van der Waals surface area contributed by atoms with E-state index in [1.807, 2.05) is 0 Å². The lowest BCUT2D eigenvalue weighted by Crippen LogP contribution is -3.07. The molecule has 0 aromatic carbocycles. The van der Waals surface area contributed by atoms with E-state index in [1.54, 1.807) is 19.3 Å². The van der Waals surface area contributed by atoms with Crippen LogP contribution in [0.15, 0.2) is 17.3 Å². The van der Waals surface area contributed by atoms with Gasteiger partial charge in [-0.3, -0.25) is 0 Å². The van der Waals surface area contributed by atoms with E-state index in [9.17, 15) is 18.0 Å². The van der Waals surface area contributed by atoms with Crippen LogP contribution in [0, 0.1) is 0 Å². The molecule has 5 nitrogen and oxygen atoms in total. The average Bonchev–Trinajstić information content (AvgIpc) is 2.09. The summed E-state index contributed by atoms with van der Waals surface area (Å²) in [5.74, 6) is -3.00. The molecule has 0 saturated carbocycles. The van der Waals surface area contributed by atoms with E-state index in [2.05, 4.69) is 5.10 Å². The van der Waals surface area contributed by atoms with E-state index in [0.29, 0.717) is 5.01 Å². The molecule has 0 radical (unpaired) electrons. The molecule has 1 rings (SSSR count). The van der Waals surface area contributed by atoms with Gasteiger partial charge in [-0.05, 0) is 6.08 Å². The van der Waals surface area contributed by atoms with Crippen molar-refractivity contribution in [3.05, 3.63) is 12.2 Å². The number of nitrogens with zero attached hydrogens (tertiary/aromatic N) is 1. The average molecular weight is 224 g/mol. The first kappa shape index (κ1) is 13.3. The van der Waals surface area contributed by atoms with E-state index in [4.69, 9.17) is 9.90 Å². The third-order valence-electron chi connectivity index (χ3n) is 1.19. The molecule has 0 fully saturated rings. The lowest BCUT2D eigenvalue weighted by molar-refractivity contribution is -0.802. The highest BCUT2D eigenvalue weighted by molar-refractivity contribution is 5.88. The summed E-state index contributed by atoms with van der Waals surface area (Å²) in [7, 11) is 1.70. The van der Waals surface area contributed by atoms with Crippen LogP contribution in [-0.2, 0) is 9.59 Å². The molecule has 84 valence electrons. The van der Waals surface area contributed by atoms with Crippen LogP contribution >= 0.6 is 0 Å². The number of carbonyl (C=O) groups is 2. The minimum Gasteiger partial charge on any atom is -0.542 e. The van der Waals surface area contributed by atoms with Crippen LogP contribution in [0.25, 0.3) is 0 Å². The molecule has 0 bridgehead atoms. The Labute approximate surface area is 82.5 Å². The van der Waals surface area contributed by atoms with Gasteiger partial charge < -0.3 is 9.90 Å². The zero-order valence-corrected chi connectivity index (χ0v) is 7.54. The zero-order chi connectivity index (χ0) is 12.1. The molecule has 1 aliphatic heterocycles. The Kier molecular flexibility index (Phi) is 4.65. The van der Waals surface area contributed by atoms with Gasteiger partial charge in [0.25, 0.3) is 0 Å². The Morgan fingerprint density at radius 3 is 2.20 bits per heavy atom. The smallest absolute Gasteiger partial charge is 0.430 e. The Balaban J connectivity index is 0.000000265. The Morgan fingerprint density at radius 1 is 1.53 bits per heavy atom. The van der Waals surface area contributed by atoms with E-state index in [0.717, 1.165) is 0 Å². The minimum absolute atomic E-state index is 0.00694. The Morgan fingerprint density at radius 2 is 2.00 bits per heavy atom. The molecule has 1 atom stereocenters. The van der Waals surface area contributed by atoms with Crippen LogP contribution in [0.3, 0.4) is 0 Å². The van der Waals surface area contributed by atoms with Crippen molar-refractivity contribution in [3.8, 4) is 0 Å². The fourth-order valence-electron chi connectivity index (χ4n) is 0.469. The molecular formula is C7H7F3N2O3. The topological polar surface area (TPSA) is 74.0 Å². The van der Waals surface area contributed by atoms with Gasteiger partial charge in [0.2, 0.25) is 0 Å². The Hall–Kier alpha value is -1.70. The van der Waals surface area contributed by atoms with Gasteiger partial charge in [-0.1, -0.05) is 5.10 Å². The lowest BCUT2D eigenvalue weighted by Gasteiger charge is -2.03. The summed E-state index contributed by atoms with van der Waals surface area (Å²) in [5, 5.41) is 13.1. The van der Waals surface area contributed by atoms with Gasteiger partial charge in [0, 0.05) is 6.08 Å². The second-order valence-corrected chi connectivity index (χ2v) is 2.37. The Bertz CT molecular complexity index is 309. The van der Waals surface area contributed by atoms with Crippen LogP contribution in [0.1, 0.15) is 0 Å². The number of nitrogens with one attached hydrogen (secondary N) is 1. The van der Waals surface area contributed by atoms with Crippen molar-refractivity contribution in [3.63, 3.8) is 0 Å². The molecule has 1 heterocycles. The molecule has 0 aromatic rings. The maximum absolute atomic E-state index is 10.6. The number of aliphatic carboxylic acids is 1. The van der Waals surface area contributed by atoms with Gasteiger partial charge in [-0.2, -0.15) is 13.2 Å². The molecule has 15 heavy (non-hydrogen) atoms. The minimum atomic E-state index is -5.19. The third kappa shape index (κ3) is 5.57. The highest BCUT2D eigenvalue weighted by atomic mass is 19.4. The van der Waals surface area contributed by atoms with Gasteiger partial charge >= 0.3 is 12.1 Å². The van der Waals surface area contributed by atoms with Crippen LogP contribution in [-0.4, -0.2) is 31.3 Å². The number of carbonyl (C=O) groups excluding carboxylic acids is 2. The maximum Gasteiger partial charge on any atom is 0.430 e. The first-order chi connectivity index (χ1) is 6.75. The molecule has 1 unspecified atom stereocenters. The van der Waals surface area contributed by atoms with Gasteiger partial charge in [0.05, 0.1) is 13.3 Å². The van der Waals surface area contributed by atoms with E-state index >= 15 is 0 Å². The van der Waals surface area contributed by atoms with E-state index in [-0.39, 0.29) is 5.91 Å². The van der Waals surface area contributed by atoms with Crippen molar-refractivity contribution in [2.24, 2.45) is 5.10 Å². The summed E-state index contributed by atoms with van der Waals surface area (Å²) < 4.78 is 31.5. The number of rotatable bonds is 0. The van der Waals surface area contributed by atoms with Crippen LogP contribution < -0.4 is 10.1 Å². The van der Waals surface area contributed by atoms with Crippen molar-refractivity contribution in [1.29, 1.82) is 0 Å². The number of alkyl halides is 3. The predicted octanol–water partition coefficient (Wildman–Crippen LogP) is -2.12. The van der Waals surface area contributed by atoms with Crippen molar-refractivity contribution in [2.45, 2.75) is 6.18 Å². The fourth-order valence-corrected chi connectivity index (χ4v) is 0.469. The largest absolute Gasteiger partial charge is 0.542 e. The number of allylic oxidation sites excluding steroid dienone is 1. The summed E-state index contributed by atoms with van der Waals surface area (Å²) in [5.41, 5.74) is 0. The summed E-state index contributed by atoms with van der Waals surface area (Å²) in [6.45, 7) is 0. The van der Waals surface area contributed by atoms with E-state index in [1.165, 1.54) is 6.08 Å². The van der Waals surface area contributed by atoms with Crippen molar-refractivity contribution >= 4 is 18.1 Å². The highest BCUT2D eigenvalue weighted by Crippen LogP contribution is 2.11. The SMILES string of the molecule is C[NH+]1N=CC=CC1=O.O=C([O-])C(F)(F)F. The first-order valence-corrected chi connectivity index (χ1v) is 3.62. The molecule has 0 spiro atoms. The molecular weight excluding hydrogens is 217 g/mol. The molecule has 1 N–H and O–H groups in total. The molecule has 0 aromatic heterocycles. The quantitative estimate of drug-likeness (QED) is 0.511. The second kappa shape index (κ2) is 5.25. The lowest BCUT2D eigenvalue weighted by atomic mass is 10.4. The fraction of sp³-hybridized carbons (Fsp3) is 0.286. The number of carboxylic acid groups (broad SMARTS) is 1. The summed E-state index contributed by atoms with van der Waals surface area (Å²) in [6.07, 6.45) is -0.450. The predicted molar refractivity (Wildman–Crippen MR) is 40.6 cm³/mol. The van der Waals surface area contributed by atoms with Crippen LogP contribution in [0.4, 0.5) is 13.2 Å².